The van der Waals surface area contributed by atoms with Crippen molar-refractivity contribution >= 4 is 11.8 Å². The summed E-state index contributed by atoms with van der Waals surface area (Å²) in [6.07, 6.45) is 1.91. The summed E-state index contributed by atoms with van der Waals surface area (Å²) in [6.45, 7) is 4.14. The average Bonchev–Trinajstić information content (AvgIpc) is 3.33. The van der Waals surface area contributed by atoms with Crippen LogP contribution in [0, 0.1) is 6.92 Å². The summed E-state index contributed by atoms with van der Waals surface area (Å²) in [6, 6.07) is 5.23. The highest BCUT2D eigenvalue weighted by Gasteiger charge is 2.21. The zero-order valence-corrected chi connectivity index (χ0v) is 14.4. The molecule has 1 aliphatic rings. The maximum absolute atomic E-state index is 12.1. The third-order valence-corrected chi connectivity index (χ3v) is 3.96. The van der Waals surface area contributed by atoms with Gasteiger partial charge >= 0.3 is 0 Å². The number of carbonyl (C=O) groups excluding carboxylic acids is 1. The van der Waals surface area contributed by atoms with E-state index in [4.69, 9.17) is 4.74 Å². The fourth-order valence-electron chi connectivity index (χ4n) is 2.46. The molecular weight excluding hydrogens is 322 g/mol. The number of benzene rings is 1. The Balaban J connectivity index is 1.94. The molecular formula is C17H20N5O3-. The Labute approximate surface area is 145 Å². The van der Waals surface area contributed by atoms with Crippen molar-refractivity contribution < 1.29 is 14.6 Å². The van der Waals surface area contributed by atoms with Gasteiger partial charge in [0.05, 0.1) is 24.1 Å². The van der Waals surface area contributed by atoms with Crippen LogP contribution < -0.4 is 15.2 Å². The zero-order chi connectivity index (χ0) is 18.0. The molecule has 1 amide bonds. The van der Waals surface area contributed by atoms with Crippen LogP contribution in [0.1, 0.15) is 41.5 Å². The predicted octanol–water partition coefficient (Wildman–Crippen LogP) is 0.603. The summed E-state index contributed by atoms with van der Waals surface area (Å²) in [7, 11) is 1.50. The molecule has 0 unspecified atom stereocenters. The van der Waals surface area contributed by atoms with Crippen LogP contribution in [0.15, 0.2) is 23.2 Å². The highest BCUT2D eigenvalue weighted by Crippen LogP contribution is 2.25. The molecule has 1 aromatic heterocycles. The summed E-state index contributed by atoms with van der Waals surface area (Å²) in [5.41, 5.74) is 1.94. The monoisotopic (exact) mass is 342 g/mol. The van der Waals surface area contributed by atoms with Gasteiger partial charge in [-0.3, -0.25) is 9.79 Å². The molecule has 1 saturated carbocycles. The van der Waals surface area contributed by atoms with Gasteiger partial charge in [-0.15, -0.1) is 5.10 Å². The van der Waals surface area contributed by atoms with Crippen LogP contribution in [0.2, 0.25) is 0 Å². The van der Waals surface area contributed by atoms with Crippen LogP contribution in [-0.4, -0.2) is 46.5 Å². The lowest BCUT2D eigenvalue weighted by Crippen LogP contribution is -2.23. The fourth-order valence-corrected chi connectivity index (χ4v) is 2.46. The lowest BCUT2D eigenvalue weighted by atomic mass is 10.1. The average molecular weight is 342 g/mol. The Morgan fingerprint density at radius 3 is 2.88 bits per heavy atom. The Kier molecular flexibility index (Phi) is 4.69. The molecule has 8 nitrogen and oxygen atoms in total. The maximum Gasteiger partial charge on any atom is 0.255 e. The summed E-state index contributed by atoms with van der Waals surface area (Å²) in [4.78, 5) is 16.1. The van der Waals surface area contributed by atoms with E-state index in [1.54, 1.807) is 29.8 Å². The van der Waals surface area contributed by atoms with Gasteiger partial charge in [-0.25, -0.2) is 4.68 Å². The van der Waals surface area contributed by atoms with Crippen molar-refractivity contribution in [2.45, 2.75) is 32.7 Å². The van der Waals surface area contributed by atoms with Gasteiger partial charge in [0.15, 0.2) is 0 Å². The molecule has 0 spiro atoms. The number of methoxy groups -OCH3 is 1. The minimum absolute atomic E-state index is 0.133. The molecule has 2 aromatic rings. The van der Waals surface area contributed by atoms with Crippen LogP contribution >= 0.6 is 0 Å². The first-order chi connectivity index (χ1) is 12.0. The molecule has 0 aliphatic heterocycles. The highest BCUT2D eigenvalue weighted by molar-refractivity contribution is 5.97. The molecule has 1 aromatic carbocycles. The number of rotatable bonds is 6. The Bertz CT molecular complexity index is 824. The van der Waals surface area contributed by atoms with Gasteiger partial charge < -0.3 is 15.2 Å². The second kappa shape index (κ2) is 6.92. The van der Waals surface area contributed by atoms with Gasteiger partial charge in [-0.05, 0) is 38.8 Å². The summed E-state index contributed by atoms with van der Waals surface area (Å²) < 4.78 is 6.86. The zero-order valence-electron chi connectivity index (χ0n) is 14.4. The molecule has 0 radical (unpaired) electrons. The smallest absolute Gasteiger partial charge is 0.255 e. The number of nitrogens with zero attached hydrogens (tertiary/aromatic N) is 4. The SMILES string of the molecule is CCNC(=O)c1ccc(-n2nnc(C([O-])=NC3CC3)c2C)cc1OC. The first-order valence-electron chi connectivity index (χ1n) is 8.19. The molecule has 132 valence electrons. The molecule has 8 heteroatoms. The number of ether oxygens (including phenoxy) is 1. The van der Waals surface area contributed by atoms with E-state index in [0.717, 1.165) is 12.8 Å². The van der Waals surface area contributed by atoms with Gasteiger partial charge in [-0.2, -0.15) is 0 Å². The quantitative estimate of drug-likeness (QED) is 0.611. The first-order valence-corrected chi connectivity index (χ1v) is 8.19. The second-order valence-electron chi connectivity index (χ2n) is 5.84. The Morgan fingerprint density at radius 1 is 1.48 bits per heavy atom. The molecule has 1 heterocycles. The van der Waals surface area contributed by atoms with E-state index < -0.39 is 0 Å². The third kappa shape index (κ3) is 3.47. The minimum Gasteiger partial charge on any atom is -0.857 e. The van der Waals surface area contributed by atoms with E-state index in [0.29, 0.717) is 29.2 Å². The number of hydrogen-bond donors (Lipinski definition) is 1. The van der Waals surface area contributed by atoms with E-state index >= 15 is 0 Å². The van der Waals surface area contributed by atoms with Gasteiger partial charge in [0.1, 0.15) is 11.4 Å². The first kappa shape index (κ1) is 16.9. The van der Waals surface area contributed by atoms with Crippen molar-refractivity contribution in [1.82, 2.24) is 20.3 Å². The van der Waals surface area contributed by atoms with Crippen LogP contribution in [0.3, 0.4) is 0 Å². The topological polar surface area (TPSA) is 104 Å². The van der Waals surface area contributed by atoms with Crippen molar-refractivity contribution in [3.05, 3.63) is 35.2 Å². The van der Waals surface area contributed by atoms with Gasteiger partial charge in [0.25, 0.3) is 5.91 Å². The molecule has 0 saturated heterocycles. The van der Waals surface area contributed by atoms with Crippen LogP contribution in [-0.2, 0) is 0 Å². The number of aromatic nitrogens is 3. The third-order valence-electron chi connectivity index (χ3n) is 3.96. The van der Waals surface area contributed by atoms with Crippen LogP contribution in [0.4, 0.5) is 0 Å². The molecule has 25 heavy (non-hydrogen) atoms. The Hall–Kier alpha value is -2.90. The lowest BCUT2D eigenvalue weighted by Gasteiger charge is -2.12. The normalized spacial score (nSPS) is 14.4. The summed E-state index contributed by atoms with van der Waals surface area (Å²) in [5.74, 6) is -0.119. The number of nitrogens with one attached hydrogen (secondary N) is 1. The fraction of sp³-hybridized carbons (Fsp3) is 0.412. The summed E-state index contributed by atoms with van der Waals surface area (Å²) >= 11 is 0. The second-order valence-corrected chi connectivity index (χ2v) is 5.84. The molecule has 3 rings (SSSR count). The molecule has 1 aliphatic carbocycles. The van der Waals surface area contributed by atoms with Gasteiger partial charge in [0, 0.05) is 24.6 Å². The predicted molar refractivity (Wildman–Crippen MR) is 90.2 cm³/mol. The van der Waals surface area contributed by atoms with Crippen molar-refractivity contribution in [3.63, 3.8) is 0 Å². The number of aliphatic imine (C=N–C) groups is 1. The van der Waals surface area contributed by atoms with Crippen molar-refractivity contribution in [2.24, 2.45) is 4.99 Å². The van der Waals surface area contributed by atoms with E-state index in [9.17, 15) is 9.90 Å². The molecule has 1 N–H and O–H groups in total. The van der Waals surface area contributed by atoms with E-state index in [-0.39, 0.29) is 23.5 Å². The Morgan fingerprint density at radius 2 is 2.24 bits per heavy atom. The van der Waals surface area contributed by atoms with Crippen molar-refractivity contribution in [1.29, 1.82) is 0 Å². The van der Waals surface area contributed by atoms with Gasteiger partial charge in [-0.1, -0.05) is 5.21 Å². The van der Waals surface area contributed by atoms with E-state index in [1.807, 2.05) is 6.92 Å². The van der Waals surface area contributed by atoms with E-state index in [2.05, 4.69) is 20.6 Å². The largest absolute Gasteiger partial charge is 0.857 e. The number of amides is 1. The number of carbonyl (C=O) groups is 1. The highest BCUT2D eigenvalue weighted by atomic mass is 16.5. The molecule has 0 bridgehead atoms. The van der Waals surface area contributed by atoms with Crippen molar-refractivity contribution in [3.8, 4) is 11.4 Å². The summed E-state index contributed by atoms with van der Waals surface area (Å²) in [5, 5.41) is 22.9. The van der Waals surface area contributed by atoms with Gasteiger partial charge in [0.2, 0.25) is 0 Å². The van der Waals surface area contributed by atoms with Crippen LogP contribution in [0.25, 0.3) is 5.69 Å². The molecule has 1 fully saturated rings. The number of hydrogen-bond acceptors (Lipinski definition) is 6. The molecule has 0 atom stereocenters. The lowest BCUT2D eigenvalue weighted by molar-refractivity contribution is -0.213. The van der Waals surface area contributed by atoms with Crippen LogP contribution in [0.5, 0.6) is 5.75 Å². The maximum atomic E-state index is 12.1. The standard InChI is InChI=1S/C17H21N5O3/c1-4-18-16(23)13-8-7-12(9-14(13)25-3)22-10(2)15(20-21-22)17(24)19-11-5-6-11/h7-9,11H,4-6H2,1-3H3,(H,18,23)(H,19,24)/p-1. The minimum atomic E-state index is -0.336. The van der Waals surface area contributed by atoms with Crippen molar-refractivity contribution in [2.75, 3.05) is 13.7 Å². The van der Waals surface area contributed by atoms with E-state index in [1.165, 1.54) is 7.11 Å².